The van der Waals surface area contributed by atoms with Crippen LogP contribution in [-0.2, 0) is 6.42 Å². The molecule has 0 bridgehead atoms. The van der Waals surface area contributed by atoms with Crippen molar-refractivity contribution < 1.29 is 4.52 Å². The molecule has 106 valence electrons. The van der Waals surface area contributed by atoms with Gasteiger partial charge in [-0.2, -0.15) is 4.98 Å². The molecule has 3 rings (SSSR count). The lowest BCUT2D eigenvalue weighted by Crippen LogP contribution is -1.94. The Hall–Kier alpha value is -2.69. The number of hydrogen-bond donors (Lipinski definition) is 1. The summed E-state index contributed by atoms with van der Waals surface area (Å²) in [6.07, 6.45) is 4.12. The van der Waals surface area contributed by atoms with Crippen LogP contribution in [0.2, 0.25) is 0 Å². The maximum absolute atomic E-state index is 5.90. The van der Waals surface area contributed by atoms with Gasteiger partial charge in [0.05, 0.1) is 0 Å². The highest BCUT2D eigenvalue weighted by molar-refractivity contribution is 5.66. The minimum absolute atomic E-state index is 0.506. The summed E-state index contributed by atoms with van der Waals surface area (Å²) in [7, 11) is 0. The molecule has 0 aliphatic heterocycles. The van der Waals surface area contributed by atoms with E-state index in [0.717, 1.165) is 22.3 Å². The lowest BCUT2D eigenvalue weighted by atomic mass is 10.0. The first kappa shape index (κ1) is 13.3. The Morgan fingerprint density at radius 2 is 1.90 bits per heavy atom. The lowest BCUT2D eigenvalue weighted by molar-refractivity contribution is 0.423. The van der Waals surface area contributed by atoms with Crippen LogP contribution in [0, 0.1) is 13.8 Å². The van der Waals surface area contributed by atoms with Gasteiger partial charge in [-0.25, -0.2) is 0 Å². The van der Waals surface area contributed by atoms with E-state index in [1.54, 1.807) is 12.4 Å². The monoisotopic (exact) mass is 280 g/mol. The van der Waals surface area contributed by atoms with E-state index in [1.165, 1.54) is 0 Å². The first-order valence-corrected chi connectivity index (χ1v) is 6.72. The number of nitrogens with zero attached hydrogens (tertiary/aromatic N) is 3. The van der Waals surface area contributed by atoms with Crippen LogP contribution in [0.15, 0.2) is 41.2 Å². The molecule has 0 unspecified atom stereocenters. The summed E-state index contributed by atoms with van der Waals surface area (Å²) in [6.45, 7) is 4.04. The van der Waals surface area contributed by atoms with Gasteiger partial charge in [-0.15, -0.1) is 0 Å². The lowest BCUT2D eigenvalue weighted by Gasteiger charge is -2.06. The van der Waals surface area contributed by atoms with Crippen molar-refractivity contribution in [3.63, 3.8) is 0 Å². The second kappa shape index (κ2) is 5.36. The summed E-state index contributed by atoms with van der Waals surface area (Å²) >= 11 is 0. The largest absolute Gasteiger partial charge is 0.399 e. The predicted octanol–water partition coefficient (Wildman–Crippen LogP) is 2.92. The van der Waals surface area contributed by atoms with Gasteiger partial charge in [-0.05, 0) is 54.8 Å². The van der Waals surface area contributed by atoms with Crippen LogP contribution in [0.3, 0.4) is 0 Å². The molecule has 0 aliphatic carbocycles. The topological polar surface area (TPSA) is 77.8 Å². The molecular formula is C16H16N4O. The van der Waals surface area contributed by atoms with E-state index in [0.29, 0.717) is 23.8 Å². The summed E-state index contributed by atoms with van der Waals surface area (Å²) in [6, 6.07) is 7.68. The fourth-order valence-electron chi connectivity index (χ4n) is 2.23. The molecular weight excluding hydrogens is 264 g/mol. The average molecular weight is 280 g/mol. The van der Waals surface area contributed by atoms with Crippen molar-refractivity contribution in [1.82, 2.24) is 15.1 Å². The first-order valence-electron chi connectivity index (χ1n) is 6.72. The number of aryl methyl sites for hydroxylation is 1. The Bertz CT molecular complexity index is 765. The van der Waals surface area contributed by atoms with Gasteiger partial charge in [0, 0.05) is 30.1 Å². The van der Waals surface area contributed by atoms with Crippen LogP contribution in [0.25, 0.3) is 11.5 Å². The van der Waals surface area contributed by atoms with Crippen molar-refractivity contribution in [2.75, 3.05) is 5.73 Å². The Kier molecular flexibility index (Phi) is 3.39. The molecule has 5 nitrogen and oxygen atoms in total. The van der Waals surface area contributed by atoms with Crippen molar-refractivity contribution in [1.29, 1.82) is 0 Å². The van der Waals surface area contributed by atoms with Gasteiger partial charge in [0.1, 0.15) is 0 Å². The minimum Gasteiger partial charge on any atom is -0.399 e. The van der Waals surface area contributed by atoms with Crippen LogP contribution < -0.4 is 5.73 Å². The Morgan fingerprint density at radius 1 is 1.14 bits per heavy atom. The van der Waals surface area contributed by atoms with Gasteiger partial charge in [0.2, 0.25) is 0 Å². The zero-order valence-electron chi connectivity index (χ0n) is 12.0. The molecule has 2 aromatic heterocycles. The maximum atomic E-state index is 5.90. The Morgan fingerprint density at radius 3 is 2.67 bits per heavy atom. The van der Waals surface area contributed by atoms with E-state index in [-0.39, 0.29) is 0 Å². The number of benzene rings is 1. The minimum atomic E-state index is 0.506. The van der Waals surface area contributed by atoms with Gasteiger partial charge in [-0.1, -0.05) is 5.16 Å². The zero-order chi connectivity index (χ0) is 14.8. The SMILES string of the molecule is Cc1cc(N)cc(-c2nc(Cc3ccncc3)no2)c1C. The molecule has 5 heteroatoms. The maximum Gasteiger partial charge on any atom is 0.258 e. The second-order valence-corrected chi connectivity index (χ2v) is 5.06. The van der Waals surface area contributed by atoms with Gasteiger partial charge in [0.15, 0.2) is 5.82 Å². The van der Waals surface area contributed by atoms with Gasteiger partial charge < -0.3 is 10.3 Å². The number of rotatable bonds is 3. The highest BCUT2D eigenvalue weighted by atomic mass is 16.5. The first-order chi connectivity index (χ1) is 10.1. The predicted molar refractivity (Wildman–Crippen MR) is 80.7 cm³/mol. The van der Waals surface area contributed by atoms with Crippen LogP contribution in [0.4, 0.5) is 5.69 Å². The van der Waals surface area contributed by atoms with Crippen molar-refractivity contribution in [2.24, 2.45) is 0 Å². The van der Waals surface area contributed by atoms with Crippen molar-refractivity contribution in [3.05, 3.63) is 59.2 Å². The summed E-state index contributed by atoms with van der Waals surface area (Å²) in [4.78, 5) is 8.46. The zero-order valence-corrected chi connectivity index (χ0v) is 12.0. The van der Waals surface area contributed by atoms with E-state index in [9.17, 15) is 0 Å². The molecule has 2 heterocycles. The van der Waals surface area contributed by atoms with E-state index < -0.39 is 0 Å². The number of aromatic nitrogens is 3. The molecule has 0 atom stereocenters. The number of nitrogen functional groups attached to an aromatic ring is 1. The molecule has 1 aromatic carbocycles. The molecule has 0 saturated heterocycles. The molecule has 0 spiro atoms. The molecule has 0 saturated carbocycles. The molecule has 2 N–H and O–H groups in total. The highest BCUT2D eigenvalue weighted by Crippen LogP contribution is 2.27. The third-order valence-corrected chi connectivity index (χ3v) is 3.50. The normalized spacial score (nSPS) is 10.8. The second-order valence-electron chi connectivity index (χ2n) is 5.06. The fraction of sp³-hybridized carbons (Fsp3) is 0.188. The van der Waals surface area contributed by atoms with Crippen molar-refractivity contribution >= 4 is 5.69 Å². The molecule has 0 aliphatic rings. The smallest absolute Gasteiger partial charge is 0.258 e. The number of anilines is 1. The van der Waals surface area contributed by atoms with E-state index >= 15 is 0 Å². The third-order valence-electron chi connectivity index (χ3n) is 3.50. The quantitative estimate of drug-likeness (QED) is 0.746. The van der Waals surface area contributed by atoms with Crippen LogP contribution in [0.1, 0.15) is 22.5 Å². The van der Waals surface area contributed by atoms with E-state index in [4.69, 9.17) is 10.3 Å². The van der Waals surface area contributed by atoms with Gasteiger partial charge >= 0.3 is 0 Å². The molecule has 0 radical (unpaired) electrons. The van der Waals surface area contributed by atoms with Crippen LogP contribution >= 0.6 is 0 Å². The number of nitrogens with two attached hydrogens (primary N) is 1. The fourth-order valence-corrected chi connectivity index (χ4v) is 2.23. The molecule has 0 amide bonds. The number of pyridine rings is 1. The molecule has 21 heavy (non-hydrogen) atoms. The highest BCUT2D eigenvalue weighted by Gasteiger charge is 2.13. The third kappa shape index (κ3) is 2.76. The summed E-state index contributed by atoms with van der Waals surface area (Å²) in [5, 5.41) is 4.04. The van der Waals surface area contributed by atoms with Gasteiger partial charge in [0.25, 0.3) is 5.89 Å². The van der Waals surface area contributed by atoms with Gasteiger partial charge in [-0.3, -0.25) is 4.98 Å². The Labute approximate surface area is 122 Å². The summed E-state index contributed by atoms with van der Waals surface area (Å²) < 4.78 is 5.38. The average Bonchev–Trinajstić information content (AvgIpc) is 2.92. The Balaban J connectivity index is 1.92. The number of hydrogen-bond acceptors (Lipinski definition) is 5. The van der Waals surface area contributed by atoms with E-state index in [1.807, 2.05) is 38.1 Å². The molecule has 0 fully saturated rings. The molecule has 3 aromatic rings. The van der Waals surface area contributed by atoms with Crippen molar-refractivity contribution in [3.8, 4) is 11.5 Å². The standard InChI is InChI=1S/C16H16N4O/c1-10-7-13(17)9-14(11(10)2)16-19-15(20-21-16)8-12-3-5-18-6-4-12/h3-7,9H,8,17H2,1-2H3. The summed E-state index contributed by atoms with van der Waals surface area (Å²) in [5.74, 6) is 1.16. The van der Waals surface area contributed by atoms with Crippen molar-refractivity contribution in [2.45, 2.75) is 20.3 Å². The summed E-state index contributed by atoms with van der Waals surface area (Å²) in [5.41, 5.74) is 10.8. The van der Waals surface area contributed by atoms with Crippen LogP contribution in [0.5, 0.6) is 0 Å². The van der Waals surface area contributed by atoms with Crippen LogP contribution in [-0.4, -0.2) is 15.1 Å². The van der Waals surface area contributed by atoms with E-state index in [2.05, 4.69) is 15.1 Å².